The molecule has 2 aromatic heterocycles. The number of halogens is 2. The second-order valence-corrected chi connectivity index (χ2v) is 2.53. The zero-order chi connectivity index (χ0) is 9.97. The smallest absolute Gasteiger partial charge is 0.220 e. The van der Waals surface area contributed by atoms with E-state index in [1.807, 2.05) is 0 Å². The predicted molar refractivity (Wildman–Crippen MR) is 44.1 cm³/mol. The van der Waals surface area contributed by atoms with Crippen molar-refractivity contribution in [1.82, 2.24) is 19.7 Å². The Bertz CT molecular complexity index is 412. The molecular weight excluding hydrogens is 190 g/mol. The summed E-state index contributed by atoms with van der Waals surface area (Å²) in [5.41, 5.74) is -0.280. The van der Waals surface area contributed by atoms with Crippen molar-refractivity contribution in [3.63, 3.8) is 0 Å². The van der Waals surface area contributed by atoms with E-state index in [0.29, 0.717) is 0 Å². The Balaban J connectivity index is 2.34. The van der Waals surface area contributed by atoms with Crippen molar-refractivity contribution in [3.8, 4) is 5.95 Å². The molecule has 14 heavy (non-hydrogen) atoms. The molecule has 2 heterocycles. The first-order valence-electron chi connectivity index (χ1n) is 3.88. The van der Waals surface area contributed by atoms with Gasteiger partial charge in [-0.1, -0.05) is 0 Å². The third kappa shape index (κ3) is 1.59. The van der Waals surface area contributed by atoms with Gasteiger partial charge in [-0.25, -0.2) is 23.4 Å². The van der Waals surface area contributed by atoms with Crippen LogP contribution in [0.2, 0.25) is 0 Å². The summed E-state index contributed by atoms with van der Waals surface area (Å²) < 4.78 is 25.6. The molecule has 2 aromatic rings. The first-order valence-corrected chi connectivity index (χ1v) is 3.88. The maximum atomic E-state index is 12.2. The van der Waals surface area contributed by atoms with Crippen LogP contribution in [0.4, 0.5) is 8.78 Å². The number of aromatic nitrogens is 4. The van der Waals surface area contributed by atoms with Crippen LogP contribution in [0.1, 0.15) is 12.1 Å². The van der Waals surface area contributed by atoms with Crippen LogP contribution in [-0.2, 0) is 0 Å². The summed E-state index contributed by atoms with van der Waals surface area (Å²) in [4.78, 5) is 7.73. The maximum absolute atomic E-state index is 12.2. The molecule has 0 amide bonds. The quantitative estimate of drug-likeness (QED) is 0.732. The highest BCUT2D eigenvalue weighted by molar-refractivity contribution is 5.11. The van der Waals surface area contributed by atoms with Gasteiger partial charge in [-0.3, -0.25) is 0 Å². The van der Waals surface area contributed by atoms with Gasteiger partial charge in [-0.2, -0.15) is 5.10 Å². The summed E-state index contributed by atoms with van der Waals surface area (Å²) in [6, 6.07) is 2.88. The van der Waals surface area contributed by atoms with Crippen molar-refractivity contribution in [1.29, 1.82) is 0 Å². The van der Waals surface area contributed by atoms with E-state index in [1.54, 1.807) is 6.07 Å². The lowest BCUT2D eigenvalue weighted by Gasteiger charge is -1.96. The Hall–Kier alpha value is -1.85. The molecule has 0 bridgehead atoms. The SMILES string of the molecule is FC(F)c1ccn(-c2ncccn2)n1. The lowest BCUT2D eigenvalue weighted by atomic mass is 10.5. The van der Waals surface area contributed by atoms with E-state index in [9.17, 15) is 8.78 Å². The molecule has 0 unspecified atom stereocenters. The van der Waals surface area contributed by atoms with E-state index in [4.69, 9.17) is 0 Å². The summed E-state index contributed by atoms with van der Waals surface area (Å²) in [5.74, 6) is 0.277. The molecule has 0 saturated heterocycles. The first-order chi connectivity index (χ1) is 6.77. The van der Waals surface area contributed by atoms with Crippen molar-refractivity contribution < 1.29 is 8.78 Å². The number of nitrogens with zero attached hydrogens (tertiary/aromatic N) is 4. The number of alkyl halides is 2. The monoisotopic (exact) mass is 196 g/mol. The largest absolute Gasteiger partial charge is 0.282 e. The molecule has 0 N–H and O–H groups in total. The Morgan fingerprint density at radius 3 is 2.50 bits per heavy atom. The Labute approximate surface area is 78.2 Å². The van der Waals surface area contributed by atoms with Crippen LogP contribution in [0.25, 0.3) is 5.95 Å². The normalized spacial score (nSPS) is 10.8. The van der Waals surface area contributed by atoms with E-state index >= 15 is 0 Å². The van der Waals surface area contributed by atoms with Gasteiger partial charge in [-0.05, 0) is 12.1 Å². The molecule has 0 aliphatic heterocycles. The lowest BCUT2D eigenvalue weighted by molar-refractivity contribution is 0.145. The van der Waals surface area contributed by atoms with E-state index in [-0.39, 0.29) is 11.6 Å². The second-order valence-electron chi connectivity index (χ2n) is 2.53. The first kappa shape index (κ1) is 8.74. The van der Waals surface area contributed by atoms with Crippen molar-refractivity contribution in [2.75, 3.05) is 0 Å². The van der Waals surface area contributed by atoms with Crippen molar-refractivity contribution in [3.05, 3.63) is 36.4 Å². The third-order valence-corrected chi connectivity index (χ3v) is 1.59. The fraction of sp³-hybridized carbons (Fsp3) is 0.125. The summed E-state index contributed by atoms with van der Waals surface area (Å²) >= 11 is 0. The minimum Gasteiger partial charge on any atom is -0.220 e. The Morgan fingerprint density at radius 1 is 1.21 bits per heavy atom. The zero-order valence-corrected chi connectivity index (χ0v) is 7.01. The Kier molecular flexibility index (Phi) is 2.18. The van der Waals surface area contributed by atoms with E-state index in [2.05, 4.69) is 15.1 Å². The standard InChI is InChI=1S/C8H6F2N4/c9-7(10)6-2-5-14(13-6)8-11-3-1-4-12-8/h1-5,7H. The van der Waals surface area contributed by atoms with Crippen LogP contribution >= 0.6 is 0 Å². The highest BCUT2D eigenvalue weighted by Crippen LogP contribution is 2.16. The van der Waals surface area contributed by atoms with Crippen LogP contribution in [0.3, 0.4) is 0 Å². The highest BCUT2D eigenvalue weighted by atomic mass is 19.3. The molecule has 0 saturated carbocycles. The van der Waals surface area contributed by atoms with Gasteiger partial charge in [0.25, 0.3) is 6.43 Å². The van der Waals surface area contributed by atoms with Gasteiger partial charge in [0.2, 0.25) is 5.95 Å². The minimum atomic E-state index is -2.57. The fourth-order valence-electron chi connectivity index (χ4n) is 0.975. The third-order valence-electron chi connectivity index (χ3n) is 1.59. The molecule has 0 aromatic carbocycles. The number of rotatable bonds is 2. The van der Waals surface area contributed by atoms with Crippen LogP contribution in [0.5, 0.6) is 0 Å². The summed E-state index contributed by atoms with van der Waals surface area (Å²) in [5, 5.41) is 3.62. The van der Waals surface area contributed by atoms with Crippen LogP contribution in [0, 0.1) is 0 Å². The van der Waals surface area contributed by atoms with Gasteiger partial charge in [-0.15, -0.1) is 0 Å². The molecule has 0 aliphatic carbocycles. The van der Waals surface area contributed by atoms with Crippen molar-refractivity contribution in [2.24, 2.45) is 0 Å². The maximum Gasteiger partial charge on any atom is 0.282 e. The molecule has 0 aliphatic rings. The summed E-state index contributed by atoms with van der Waals surface area (Å²) in [6.45, 7) is 0. The zero-order valence-electron chi connectivity index (χ0n) is 7.01. The van der Waals surface area contributed by atoms with Crippen molar-refractivity contribution in [2.45, 2.75) is 6.43 Å². The summed E-state index contributed by atoms with van der Waals surface area (Å²) in [7, 11) is 0. The number of hydrogen-bond acceptors (Lipinski definition) is 3. The fourth-order valence-corrected chi connectivity index (χ4v) is 0.975. The second kappa shape index (κ2) is 3.49. The van der Waals surface area contributed by atoms with Crippen molar-refractivity contribution >= 4 is 0 Å². The summed E-state index contributed by atoms with van der Waals surface area (Å²) in [6.07, 6.45) is 1.87. The molecule has 0 fully saturated rings. The van der Waals surface area contributed by atoms with Gasteiger partial charge < -0.3 is 0 Å². The van der Waals surface area contributed by atoms with Crippen LogP contribution in [0.15, 0.2) is 30.7 Å². The molecule has 0 atom stereocenters. The molecule has 4 nitrogen and oxygen atoms in total. The Morgan fingerprint density at radius 2 is 1.93 bits per heavy atom. The molecule has 72 valence electrons. The number of hydrogen-bond donors (Lipinski definition) is 0. The molecule has 0 spiro atoms. The minimum absolute atomic E-state index is 0.277. The van der Waals surface area contributed by atoms with Crippen LogP contribution < -0.4 is 0 Å². The van der Waals surface area contributed by atoms with E-state index in [0.717, 1.165) is 0 Å². The average Bonchev–Trinajstić information content (AvgIpc) is 2.68. The predicted octanol–water partition coefficient (Wildman–Crippen LogP) is 1.60. The van der Waals surface area contributed by atoms with Gasteiger partial charge >= 0.3 is 0 Å². The van der Waals surface area contributed by atoms with Gasteiger partial charge in [0.1, 0.15) is 5.69 Å². The van der Waals surface area contributed by atoms with Gasteiger partial charge in [0, 0.05) is 18.6 Å². The average molecular weight is 196 g/mol. The van der Waals surface area contributed by atoms with Gasteiger partial charge in [0.15, 0.2) is 0 Å². The van der Waals surface area contributed by atoms with Crippen LogP contribution in [-0.4, -0.2) is 19.7 Å². The topological polar surface area (TPSA) is 43.6 Å². The van der Waals surface area contributed by atoms with E-state index in [1.165, 1.54) is 29.3 Å². The molecule has 2 rings (SSSR count). The molecular formula is C8H6F2N4. The molecule has 0 radical (unpaired) electrons. The van der Waals surface area contributed by atoms with Gasteiger partial charge in [0.05, 0.1) is 0 Å². The molecule has 6 heteroatoms. The highest BCUT2D eigenvalue weighted by Gasteiger charge is 2.11. The lowest BCUT2D eigenvalue weighted by Crippen LogP contribution is -2.01. The van der Waals surface area contributed by atoms with E-state index < -0.39 is 6.43 Å².